The zero-order valence-electron chi connectivity index (χ0n) is 8.34. The van der Waals surface area contributed by atoms with Gasteiger partial charge in [-0.2, -0.15) is 5.10 Å². The summed E-state index contributed by atoms with van der Waals surface area (Å²) in [7, 11) is -3.15. The maximum atomic E-state index is 11.1. The summed E-state index contributed by atoms with van der Waals surface area (Å²) in [4.78, 5) is 0.251. The van der Waals surface area contributed by atoms with Crippen molar-refractivity contribution in [3.8, 4) is 0 Å². The van der Waals surface area contributed by atoms with E-state index in [0.717, 1.165) is 6.42 Å². The Bertz CT molecular complexity index is 396. The van der Waals surface area contributed by atoms with Gasteiger partial charge in [-0.1, -0.05) is 0 Å². The van der Waals surface area contributed by atoms with Crippen molar-refractivity contribution in [3.05, 3.63) is 12.4 Å². The molecule has 0 fully saturated rings. The predicted molar refractivity (Wildman–Crippen MR) is 53.7 cm³/mol. The topological polar surface area (TPSA) is 78.0 Å². The number of nitrogens with zero attached hydrogens (tertiary/aromatic N) is 2. The van der Waals surface area contributed by atoms with Crippen molar-refractivity contribution in [1.82, 2.24) is 9.78 Å². The number of hydrogen-bond acceptors (Lipinski definition) is 4. The third-order valence-corrected chi connectivity index (χ3v) is 3.11. The van der Waals surface area contributed by atoms with E-state index >= 15 is 0 Å². The third kappa shape index (κ3) is 2.55. The largest absolute Gasteiger partial charge is 0.330 e. The molecular formula is C8H15N3O2S. The highest BCUT2D eigenvalue weighted by Crippen LogP contribution is 2.12. The quantitative estimate of drug-likeness (QED) is 0.781. The molecule has 1 aromatic heterocycles. The Labute approximate surface area is 83.8 Å². The van der Waals surface area contributed by atoms with Gasteiger partial charge in [0, 0.05) is 12.5 Å². The molecule has 0 aliphatic carbocycles. The van der Waals surface area contributed by atoms with E-state index < -0.39 is 9.84 Å². The fraction of sp³-hybridized carbons (Fsp3) is 0.625. The molecule has 1 rings (SSSR count). The van der Waals surface area contributed by atoms with Gasteiger partial charge >= 0.3 is 0 Å². The van der Waals surface area contributed by atoms with Crippen molar-refractivity contribution in [2.24, 2.45) is 5.73 Å². The van der Waals surface area contributed by atoms with E-state index in [1.165, 1.54) is 18.6 Å². The lowest BCUT2D eigenvalue weighted by molar-refractivity contribution is 0.464. The fourth-order valence-electron chi connectivity index (χ4n) is 1.13. The molecule has 2 N–H and O–H groups in total. The Morgan fingerprint density at radius 1 is 1.64 bits per heavy atom. The molecule has 0 saturated heterocycles. The second-order valence-electron chi connectivity index (χ2n) is 3.35. The molecule has 0 bridgehead atoms. The maximum Gasteiger partial charge on any atom is 0.178 e. The standard InChI is InChI=1S/C8H15N3O2S/c1-7(3-4-9)11-6-8(5-10-11)14(2,12)13/h5-7H,3-4,9H2,1-2H3. The van der Waals surface area contributed by atoms with Crippen LogP contribution in [0.15, 0.2) is 17.3 Å². The monoisotopic (exact) mass is 217 g/mol. The number of hydrogen-bond donors (Lipinski definition) is 1. The van der Waals surface area contributed by atoms with Gasteiger partial charge in [-0.25, -0.2) is 8.42 Å². The lowest BCUT2D eigenvalue weighted by Gasteiger charge is -2.09. The van der Waals surface area contributed by atoms with Crippen molar-refractivity contribution in [2.75, 3.05) is 12.8 Å². The molecule has 0 saturated carbocycles. The number of rotatable bonds is 4. The van der Waals surface area contributed by atoms with Crippen LogP contribution in [0, 0.1) is 0 Å². The zero-order valence-corrected chi connectivity index (χ0v) is 9.16. The van der Waals surface area contributed by atoms with Crippen molar-refractivity contribution in [2.45, 2.75) is 24.3 Å². The molecule has 1 heterocycles. The average molecular weight is 217 g/mol. The first kappa shape index (κ1) is 11.2. The second kappa shape index (κ2) is 4.10. The molecular weight excluding hydrogens is 202 g/mol. The van der Waals surface area contributed by atoms with Crippen LogP contribution in [0.4, 0.5) is 0 Å². The van der Waals surface area contributed by atoms with Gasteiger partial charge in [-0.3, -0.25) is 4.68 Å². The molecule has 0 amide bonds. The molecule has 5 nitrogen and oxygen atoms in total. The first-order chi connectivity index (χ1) is 6.45. The van der Waals surface area contributed by atoms with Gasteiger partial charge in [0.15, 0.2) is 9.84 Å². The molecule has 14 heavy (non-hydrogen) atoms. The van der Waals surface area contributed by atoms with Crippen molar-refractivity contribution in [3.63, 3.8) is 0 Å². The van der Waals surface area contributed by atoms with Crippen LogP contribution in [0.25, 0.3) is 0 Å². The minimum Gasteiger partial charge on any atom is -0.330 e. The summed E-state index contributed by atoms with van der Waals surface area (Å²) in [6.07, 6.45) is 4.85. The van der Waals surface area contributed by atoms with Crippen LogP contribution in [-0.2, 0) is 9.84 Å². The Kier molecular flexibility index (Phi) is 3.28. The van der Waals surface area contributed by atoms with Crippen LogP contribution in [-0.4, -0.2) is 31.0 Å². The molecule has 0 radical (unpaired) electrons. The van der Waals surface area contributed by atoms with Crippen LogP contribution < -0.4 is 5.73 Å². The normalized spacial score (nSPS) is 14.2. The van der Waals surface area contributed by atoms with Gasteiger partial charge in [0.25, 0.3) is 0 Å². The zero-order chi connectivity index (χ0) is 10.8. The Morgan fingerprint density at radius 3 is 2.71 bits per heavy atom. The first-order valence-corrected chi connectivity index (χ1v) is 6.28. The van der Waals surface area contributed by atoms with E-state index in [1.807, 2.05) is 6.92 Å². The van der Waals surface area contributed by atoms with Crippen LogP contribution in [0.2, 0.25) is 0 Å². The minimum absolute atomic E-state index is 0.135. The summed E-state index contributed by atoms with van der Waals surface area (Å²) in [5, 5.41) is 3.98. The highest BCUT2D eigenvalue weighted by Gasteiger charge is 2.12. The summed E-state index contributed by atoms with van der Waals surface area (Å²) in [6, 6.07) is 0.135. The van der Waals surface area contributed by atoms with Crippen molar-refractivity contribution < 1.29 is 8.42 Å². The van der Waals surface area contributed by atoms with Gasteiger partial charge in [0.2, 0.25) is 0 Å². The summed E-state index contributed by atoms with van der Waals surface area (Å²) < 4.78 is 23.9. The lowest BCUT2D eigenvalue weighted by atomic mass is 10.2. The van der Waals surface area contributed by atoms with Gasteiger partial charge < -0.3 is 5.73 Å². The molecule has 1 atom stereocenters. The lowest BCUT2D eigenvalue weighted by Crippen LogP contribution is -2.11. The maximum absolute atomic E-state index is 11.1. The van der Waals surface area contributed by atoms with Crippen LogP contribution >= 0.6 is 0 Å². The third-order valence-electron chi connectivity index (χ3n) is 2.04. The van der Waals surface area contributed by atoms with E-state index in [-0.39, 0.29) is 10.9 Å². The summed E-state index contributed by atoms with van der Waals surface area (Å²) >= 11 is 0. The van der Waals surface area contributed by atoms with Crippen LogP contribution in [0.5, 0.6) is 0 Å². The van der Waals surface area contributed by atoms with E-state index in [4.69, 9.17) is 5.73 Å². The van der Waals surface area contributed by atoms with Gasteiger partial charge in [-0.05, 0) is 19.9 Å². The molecule has 0 aliphatic heterocycles. The van der Waals surface area contributed by atoms with Gasteiger partial charge in [0.05, 0.1) is 12.2 Å². The number of nitrogens with two attached hydrogens (primary N) is 1. The Balaban J connectivity index is 2.88. The van der Waals surface area contributed by atoms with Crippen LogP contribution in [0.1, 0.15) is 19.4 Å². The highest BCUT2D eigenvalue weighted by molar-refractivity contribution is 7.90. The molecule has 0 aliphatic rings. The van der Waals surface area contributed by atoms with E-state index in [0.29, 0.717) is 6.54 Å². The number of aromatic nitrogens is 2. The molecule has 0 spiro atoms. The second-order valence-corrected chi connectivity index (χ2v) is 5.37. The smallest absolute Gasteiger partial charge is 0.178 e. The van der Waals surface area contributed by atoms with E-state index in [2.05, 4.69) is 5.10 Å². The van der Waals surface area contributed by atoms with Crippen molar-refractivity contribution >= 4 is 9.84 Å². The molecule has 1 unspecified atom stereocenters. The van der Waals surface area contributed by atoms with E-state index in [9.17, 15) is 8.42 Å². The van der Waals surface area contributed by atoms with Crippen molar-refractivity contribution in [1.29, 1.82) is 0 Å². The van der Waals surface area contributed by atoms with Gasteiger partial charge in [-0.15, -0.1) is 0 Å². The number of sulfone groups is 1. The molecule has 6 heteroatoms. The molecule has 0 aromatic carbocycles. The average Bonchev–Trinajstić information content (AvgIpc) is 2.51. The SMILES string of the molecule is CC(CCN)n1cc(S(C)(=O)=O)cn1. The first-order valence-electron chi connectivity index (χ1n) is 4.39. The molecule has 80 valence electrons. The summed E-state index contributed by atoms with van der Waals surface area (Å²) in [5.74, 6) is 0. The van der Waals surface area contributed by atoms with Gasteiger partial charge in [0.1, 0.15) is 4.90 Å². The predicted octanol–water partition coefficient (Wildman–Crippen LogP) is 0.196. The minimum atomic E-state index is -3.15. The molecule has 1 aromatic rings. The summed E-state index contributed by atoms with van der Waals surface area (Å²) in [6.45, 7) is 2.52. The highest BCUT2D eigenvalue weighted by atomic mass is 32.2. The Hall–Kier alpha value is -0.880. The van der Waals surface area contributed by atoms with Crippen LogP contribution in [0.3, 0.4) is 0 Å². The summed E-state index contributed by atoms with van der Waals surface area (Å²) in [5.41, 5.74) is 5.40. The fourth-order valence-corrected chi connectivity index (χ4v) is 1.66. The van der Waals surface area contributed by atoms with E-state index in [1.54, 1.807) is 4.68 Å². The Morgan fingerprint density at radius 2 is 2.29 bits per heavy atom.